The number of hydrogen-bond acceptors (Lipinski definition) is 3. The molecule has 1 aliphatic carbocycles. The Balaban J connectivity index is 2.21. The Labute approximate surface area is 152 Å². The van der Waals surface area contributed by atoms with E-state index >= 15 is 0 Å². The average Bonchev–Trinajstić information content (AvgIpc) is 2.61. The highest BCUT2D eigenvalue weighted by atomic mass is 19.1. The first-order valence-electron chi connectivity index (χ1n) is 8.72. The van der Waals surface area contributed by atoms with E-state index < -0.39 is 17.0 Å². The minimum atomic E-state index is -0.658. The minimum Gasteiger partial charge on any atom is -0.383 e. The highest BCUT2D eigenvalue weighted by molar-refractivity contribution is 5.62. The molecule has 2 atom stereocenters. The van der Waals surface area contributed by atoms with Crippen LogP contribution in [0.3, 0.4) is 0 Å². The fourth-order valence-electron chi connectivity index (χ4n) is 3.86. The maximum atomic E-state index is 14.2. The molecule has 5 heteroatoms. The number of halogens is 2. The van der Waals surface area contributed by atoms with Gasteiger partial charge in [-0.3, -0.25) is 0 Å². The summed E-state index contributed by atoms with van der Waals surface area (Å²) in [6, 6.07) is 5.51. The van der Waals surface area contributed by atoms with E-state index in [4.69, 9.17) is 11.2 Å². The Morgan fingerprint density at radius 2 is 2.00 bits per heavy atom. The lowest BCUT2D eigenvalue weighted by atomic mass is 9.67. The Morgan fingerprint density at radius 3 is 2.58 bits per heavy atom. The van der Waals surface area contributed by atoms with E-state index in [0.717, 1.165) is 18.4 Å². The Morgan fingerprint density at radius 1 is 1.31 bits per heavy atom. The smallest absolute Gasteiger partial charge is 0.135 e. The Kier molecular flexibility index (Phi) is 5.06. The van der Waals surface area contributed by atoms with Crippen molar-refractivity contribution in [1.82, 2.24) is 10.2 Å². The number of rotatable bonds is 4. The first-order chi connectivity index (χ1) is 12.4. The zero-order valence-corrected chi connectivity index (χ0v) is 15.2. The average molecular weight is 356 g/mol. The summed E-state index contributed by atoms with van der Waals surface area (Å²) in [5.74, 6) is 2.07. The summed E-state index contributed by atoms with van der Waals surface area (Å²) in [7, 11) is 1.60. The number of methoxy groups -OCH3 is 1. The molecule has 0 fully saturated rings. The van der Waals surface area contributed by atoms with E-state index in [-0.39, 0.29) is 17.2 Å². The second-order valence-electron chi connectivity index (χ2n) is 7.18. The van der Waals surface area contributed by atoms with Gasteiger partial charge in [0.25, 0.3) is 0 Å². The number of aromatic nitrogens is 2. The number of terminal acetylenes is 1. The summed E-state index contributed by atoms with van der Waals surface area (Å²) in [6.45, 7) is 4.58. The van der Waals surface area contributed by atoms with Crippen LogP contribution in [0.5, 0.6) is 0 Å². The fraction of sp³-hybridized carbons (Fsp3) is 0.429. The van der Waals surface area contributed by atoms with Gasteiger partial charge in [-0.25, -0.2) is 8.78 Å². The second kappa shape index (κ2) is 7.13. The van der Waals surface area contributed by atoms with Gasteiger partial charge in [0, 0.05) is 7.11 Å². The first-order valence-corrected chi connectivity index (χ1v) is 8.72. The third-order valence-electron chi connectivity index (χ3n) is 5.25. The number of fused-ring (bicyclic) bond motifs is 1. The van der Waals surface area contributed by atoms with Gasteiger partial charge in [0.15, 0.2) is 0 Å². The molecule has 3 rings (SSSR count). The Hall–Kier alpha value is -2.32. The largest absolute Gasteiger partial charge is 0.383 e. The van der Waals surface area contributed by atoms with Crippen LogP contribution < -0.4 is 0 Å². The van der Waals surface area contributed by atoms with Crippen LogP contribution in [0.25, 0.3) is 11.3 Å². The zero-order valence-electron chi connectivity index (χ0n) is 15.2. The number of ether oxygens (including phenoxy) is 1. The van der Waals surface area contributed by atoms with Gasteiger partial charge < -0.3 is 4.74 Å². The van der Waals surface area contributed by atoms with Gasteiger partial charge >= 0.3 is 0 Å². The van der Waals surface area contributed by atoms with E-state index in [2.05, 4.69) is 30.0 Å². The predicted molar refractivity (Wildman–Crippen MR) is 96.6 cm³/mol. The van der Waals surface area contributed by atoms with Crippen molar-refractivity contribution < 1.29 is 13.5 Å². The molecular weight excluding hydrogens is 334 g/mol. The van der Waals surface area contributed by atoms with Crippen LogP contribution in [0.1, 0.15) is 43.9 Å². The van der Waals surface area contributed by atoms with Crippen LogP contribution in [0.4, 0.5) is 8.78 Å². The molecule has 0 N–H and O–H groups in total. The van der Waals surface area contributed by atoms with Crippen LogP contribution >= 0.6 is 0 Å². The third-order valence-corrected chi connectivity index (χ3v) is 5.25. The lowest BCUT2D eigenvalue weighted by molar-refractivity contribution is 0.138. The second-order valence-corrected chi connectivity index (χ2v) is 7.18. The molecule has 26 heavy (non-hydrogen) atoms. The highest BCUT2D eigenvalue weighted by Crippen LogP contribution is 2.45. The van der Waals surface area contributed by atoms with Crippen molar-refractivity contribution in [2.45, 2.75) is 38.0 Å². The molecule has 1 aromatic carbocycles. The molecule has 1 aliphatic rings. The molecule has 0 saturated heterocycles. The quantitative estimate of drug-likeness (QED) is 0.758. The van der Waals surface area contributed by atoms with E-state index in [0.29, 0.717) is 18.2 Å². The molecular formula is C21H22F2N2O. The maximum absolute atomic E-state index is 14.2. The van der Waals surface area contributed by atoms with Gasteiger partial charge in [0.1, 0.15) is 11.6 Å². The predicted octanol–water partition coefficient (Wildman–Crippen LogP) is 4.47. The summed E-state index contributed by atoms with van der Waals surface area (Å²) in [6.07, 6.45) is 7.45. The standard InChI is InChI=1S/C21H22F2N2O/c1-5-21(12-26-4)10-9-14(13(2)3)15-11-18(24-25-20(15)21)19-16(22)7-6-8-17(19)23/h1,6-8,11,13-14H,9-10,12H2,2-4H3/t14-,21-/m1/s1. The summed E-state index contributed by atoms with van der Waals surface area (Å²) in [4.78, 5) is 0. The van der Waals surface area contributed by atoms with Gasteiger partial charge in [0.2, 0.25) is 0 Å². The third kappa shape index (κ3) is 2.99. The molecule has 0 saturated carbocycles. The van der Waals surface area contributed by atoms with Crippen molar-refractivity contribution in [3.63, 3.8) is 0 Å². The zero-order chi connectivity index (χ0) is 18.9. The van der Waals surface area contributed by atoms with Crippen LogP contribution in [0.2, 0.25) is 0 Å². The summed E-state index contributed by atoms with van der Waals surface area (Å²) >= 11 is 0. The molecule has 0 aliphatic heterocycles. The molecule has 2 aromatic rings. The van der Waals surface area contributed by atoms with Crippen LogP contribution in [0.15, 0.2) is 24.3 Å². The summed E-state index contributed by atoms with van der Waals surface area (Å²) in [5.41, 5.74) is 0.972. The number of benzene rings is 1. The molecule has 0 bridgehead atoms. The van der Waals surface area contributed by atoms with Crippen LogP contribution in [-0.2, 0) is 10.2 Å². The van der Waals surface area contributed by atoms with E-state index in [9.17, 15) is 8.78 Å². The molecule has 1 aromatic heterocycles. The van der Waals surface area contributed by atoms with Crippen molar-refractivity contribution in [3.8, 4) is 23.6 Å². The monoisotopic (exact) mass is 356 g/mol. The van der Waals surface area contributed by atoms with Gasteiger partial charge in [0.05, 0.1) is 29.0 Å². The van der Waals surface area contributed by atoms with E-state index in [1.807, 2.05) is 0 Å². The van der Waals surface area contributed by atoms with Crippen LogP contribution in [-0.4, -0.2) is 23.9 Å². The molecule has 136 valence electrons. The normalized spacial score (nSPS) is 22.1. The van der Waals surface area contributed by atoms with Crippen molar-refractivity contribution >= 4 is 0 Å². The highest BCUT2D eigenvalue weighted by Gasteiger charge is 2.41. The molecule has 0 radical (unpaired) electrons. The van der Waals surface area contributed by atoms with Crippen molar-refractivity contribution in [1.29, 1.82) is 0 Å². The topological polar surface area (TPSA) is 35.0 Å². The van der Waals surface area contributed by atoms with Gasteiger partial charge in [-0.15, -0.1) is 11.5 Å². The lowest BCUT2D eigenvalue weighted by Gasteiger charge is -2.38. The molecule has 0 amide bonds. The van der Waals surface area contributed by atoms with Crippen molar-refractivity contribution in [2.24, 2.45) is 5.92 Å². The Bertz CT molecular complexity index is 839. The molecule has 1 heterocycles. The molecule has 0 spiro atoms. The lowest BCUT2D eigenvalue weighted by Crippen LogP contribution is -2.37. The molecule has 3 nitrogen and oxygen atoms in total. The van der Waals surface area contributed by atoms with Gasteiger partial charge in [-0.05, 0) is 48.4 Å². The van der Waals surface area contributed by atoms with Crippen molar-refractivity contribution in [2.75, 3.05) is 13.7 Å². The summed E-state index contributed by atoms with van der Waals surface area (Å²) < 4.78 is 33.8. The fourth-order valence-corrected chi connectivity index (χ4v) is 3.86. The van der Waals surface area contributed by atoms with Gasteiger partial charge in [-0.2, -0.15) is 5.10 Å². The minimum absolute atomic E-state index is 0.158. The van der Waals surface area contributed by atoms with Crippen LogP contribution in [0, 0.1) is 29.9 Å². The summed E-state index contributed by atoms with van der Waals surface area (Å²) in [5, 5.41) is 8.47. The van der Waals surface area contributed by atoms with Crippen molar-refractivity contribution in [3.05, 3.63) is 47.2 Å². The van der Waals surface area contributed by atoms with Gasteiger partial charge in [-0.1, -0.05) is 25.8 Å². The van der Waals surface area contributed by atoms with E-state index in [1.54, 1.807) is 13.2 Å². The van der Waals surface area contributed by atoms with E-state index in [1.165, 1.54) is 18.2 Å². The maximum Gasteiger partial charge on any atom is 0.135 e. The number of hydrogen-bond donors (Lipinski definition) is 0. The SMILES string of the molecule is C#C[C@]1(COC)CC[C@H](C(C)C)c2cc(-c3c(F)cccc3F)nnc21. The number of nitrogens with zero attached hydrogens (tertiary/aromatic N) is 2. The molecule has 0 unspecified atom stereocenters. The first kappa shape index (κ1) is 18.5.